The summed E-state index contributed by atoms with van der Waals surface area (Å²) in [5.41, 5.74) is 5.05. The standard InChI is InChI=1S/C12H25N3O3/c1-4-8(3)10(15-12(13)18)11(17)14-7-6-9(16)5-2/h8-10,16H,4-7H2,1-3H3,(H,14,17)(H3,13,15,18). The highest BCUT2D eigenvalue weighted by molar-refractivity contribution is 5.86. The van der Waals surface area contributed by atoms with Gasteiger partial charge in [0.05, 0.1) is 6.10 Å². The summed E-state index contributed by atoms with van der Waals surface area (Å²) in [6.45, 7) is 6.08. The SMILES string of the molecule is CCC(O)CCNC(=O)C(NC(N)=O)C(C)CC. The van der Waals surface area contributed by atoms with Gasteiger partial charge in [-0.05, 0) is 18.8 Å². The molecule has 0 rings (SSSR count). The molecule has 0 bridgehead atoms. The number of aliphatic hydroxyl groups excluding tert-OH is 1. The third-order valence-corrected chi connectivity index (χ3v) is 3.04. The summed E-state index contributed by atoms with van der Waals surface area (Å²) in [5, 5.41) is 14.5. The normalized spacial score (nSPS) is 15.6. The zero-order valence-electron chi connectivity index (χ0n) is 11.4. The van der Waals surface area contributed by atoms with E-state index in [1.165, 1.54) is 0 Å². The largest absolute Gasteiger partial charge is 0.393 e. The van der Waals surface area contributed by atoms with Crippen LogP contribution in [0.2, 0.25) is 0 Å². The second kappa shape index (κ2) is 8.74. The Morgan fingerprint density at radius 1 is 1.28 bits per heavy atom. The molecule has 0 aliphatic carbocycles. The van der Waals surface area contributed by atoms with E-state index in [1.807, 2.05) is 20.8 Å². The van der Waals surface area contributed by atoms with Gasteiger partial charge >= 0.3 is 6.03 Å². The summed E-state index contributed by atoms with van der Waals surface area (Å²) in [5.74, 6) is -0.250. The Labute approximate surface area is 108 Å². The number of amides is 3. The van der Waals surface area contributed by atoms with Gasteiger partial charge in [-0.15, -0.1) is 0 Å². The van der Waals surface area contributed by atoms with E-state index >= 15 is 0 Å². The first-order valence-electron chi connectivity index (χ1n) is 6.44. The van der Waals surface area contributed by atoms with Crippen LogP contribution in [0, 0.1) is 5.92 Å². The molecule has 0 aromatic carbocycles. The van der Waals surface area contributed by atoms with Gasteiger partial charge in [-0.25, -0.2) is 4.79 Å². The molecule has 3 unspecified atom stereocenters. The van der Waals surface area contributed by atoms with Crippen LogP contribution in [0.5, 0.6) is 0 Å². The van der Waals surface area contributed by atoms with E-state index in [9.17, 15) is 14.7 Å². The van der Waals surface area contributed by atoms with E-state index in [1.54, 1.807) is 0 Å². The Morgan fingerprint density at radius 3 is 2.33 bits per heavy atom. The molecule has 5 N–H and O–H groups in total. The zero-order valence-corrected chi connectivity index (χ0v) is 11.4. The molecule has 0 aliphatic rings. The first kappa shape index (κ1) is 16.7. The van der Waals surface area contributed by atoms with Crippen molar-refractivity contribution < 1.29 is 14.7 Å². The van der Waals surface area contributed by atoms with Gasteiger partial charge in [0.15, 0.2) is 0 Å². The lowest BCUT2D eigenvalue weighted by Crippen LogP contribution is -2.52. The predicted molar refractivity (Wildman–Crippen MR) is 69.9 cm³/mol. The minimum atomic E-state index is -0.705. The average molecular weight is 259 g/mol. The quantitative estimate of drug-likeness (QED) is 0.505. The van der Waals surface area contributed by atoms with Gasteiger partial charge in [0.2, 0.25) is 5.91 Å². The van der Waals surface area contributed by atoms with E-state index in [0.29, 0.717) is 19.4 Å². The lowest BCUT2D eigenvalue weighted by Gasteiger charge is -2.22. The fraction of sp³-hybridized carbons (Fsp3) is 0.833. The molecule has 0 radical (unpaired) electrons. The highest BCUT2D eigenvalue weighted by Gasteiger charge is 2.24. The van der Waals surface area contributed by atoms with Crippen LogP contribution in [-0.4, -0.2) is 35.7 Å². The summed E-state index contributed by atoms with van der Waals surface area (Å²) in [6.07, 6.45) is 1.52. The van der Waals surface area contributed by atoms with E-state index in [4.69, 9.17) is 5.73 Å². The molecule has 6 heteroatoms. The topological polar surface area (TPSA) is 104 Å². The Kier molecular flexibility index (Phi) is 8.11. The van der Waals surface area contributed by atoms with Crippen LogP contribution in [-0.2, 0) is 4.79 Å². The number of nitrogens with one attached hydrogen (secondary N) is 2. The molecule has 0 saturated carbocycles. The minimum absolute atomic E-state index is 0.00796. The summed E-state index contributed by atoms with van der Waals surface area (Å²) in [6, 6.07) is -1.32. The van der Waals surface area contributed by atoms with Crippen molar-refractivity contribution in [1.82, 2.24) is 10.6 Å². The van der Waals surface area contributed by atoms with Crippen molar-refractivity contribution in [2.75, 3.05) is 6.54 Å². The van der Waals surface area contributed by atoms with Gasteiger partial charge in [0.1, 0.15) is 6.04 Å². The maximum atomic E-state index is 11.9. The molecule has 3 atom stereocenters. The Balaban J connectivity index is 4.25. The highest BCUT2D eigenvalue weighted by Crippen LogP contribution is 2.07. The fourth-order valence-corrected chi connectivity index (χ4v) is 1.53. The molecular formula is C12H25N3O3. The van der Waals surface area contributed by atoms with E-state index in [0.717, 1.165) is 6.42 Å². The van der Waals surface area contributed by atoms with E-state index in [-0.39, 0.29) is 11.8 Å². The first-order chi connectivity index (χ1) is 8.42. The van der Waals surface area contributed by atoms with Crippen molar-refractivity contribution in [1.29, 1.82) is 0 Å². The van der Waals surface area contributed by atoms with Crippen LogP contribution in [0.4, 0.5) is 4.79 Å². The van der Waals surface area contributed by atoms with Crippen LogP contribution in [0.1, 0.15) is 40.0 Å². The molecule has 0 aromatic heterocycles. The van der Waals surface area contributed by atoms with Gasteiger partial charge < -0.3 is 21.5 Å². The monoisotopic (exact) mass is 259 g/mol. The van der Waals surface area contributed by atoms with Crippen molar-refractivity contribution in [2.45, 2.75) is 52.2 Å². The lowest BCUT2D eigenvalue weighted by molar-refractivity contribution is -0.124. The smallest absolute Gasteiger partial charge is 0.312 e. The molecule has 6 nitrogen and oxygen atoms in total. The van der Waals surface area contributed by atoms with E-state index < -0.39 is 18.2 Å². The molecule has 0 saturated heterocycles. The summed E-state index contributed by atoms with van der Waals surface area (Å²) in [7, 11) is 0. The highest BCUT2D eigenvalue weighted by atomic mass is 16.3. The second-order valence-corrected chi connectivity index (χ2v) is 4.51. The van der Waals surface area contributed by atoms with Crippen LogP contribution in [0.25, 0.3) is 0 Å². The Hall–Kier alpha value is -1.30. The number of hydrogen-bond donors (Lipinski definition) is 4. The van der Waals surface area contributed by atoms with Crippen LogP contribution >= 0.6 is 0 Å². The van der Waals surface area contributed by atoms with Crippen molar-refractivity contribution in [3.63, 3.8) is 0 Å². The number of hydrogen-bond acceptors (Lipinski definition) is 3. The van der Waals surface area contributed by atoms with Crippen molar-refractivity contribution in [3.05, 3.63) is 0 Å². The fourth-order valence-electron chi connectivity index (χ4n) is 1.53. The molecule has 106 valence electrons. The van der Waals surface area contributed by atoms with Crippen molar-refractivity contribution in [2.24, 2.45) is 11.7 Å². The zero-order chi connectivity index (χ0) is 14.1. The number of nitrogens with two attached hydrogens (primary N) is 1. The van der Waals surface area contributed by atoms with Gasteiger partial charge in [-0.3, -0.25) is 4.79 Å². The van der Waals surface area contributed by atoms with Crippen molar-refractivity contribution in [3.8, 4) is 0 Å². The first-order valence-corrected chi connectivity index (χ1v) is 6.44. The number of primary amides is 1. The molecule has 0 fully saturated rings. The Morgan fingerprint density at radius 2 is 1.89 bits per heavy atom. The molecule has 0 spiro atoms. The molecule has 0 aliphatic heterocycles. The third kappa shape index (κ3) is 6.44. The second-order valence-electron chi connectivity index (χ2n) is 4.51. The van der Waals surface area contributed by atoms with Crippen molar-refractivity contribution >= 4 is 11.9 Å². The molecular weight excluding hydrogens is 234 g/mol. The number of aliphatic hydroxyl groups is 1. The number of carbonyl (C=O) groups is 2. The summed E-state index contributed by atoms with van der Waals surface area (Å²) in [4.78, 5) is 22.7. The molecule has 3 amide bonds. The summed E-state index contributed by atoms with van der Waals surface area (Å²) < 4.78 is 0. The third-order valence-electron chi connectivity index (χ3n) is 3.04. The van der Waals surface area contributed by atoms with Gasteiger partial charge in [-0.1, -0.05) is 27.2 Å². The summed E-state index contributed by atoms with van der Waals surface area (Å²) >= 11 is 0. The minimum Gasteiger partial charge on any atom is -0.393 e. The molecule has 18 heavy (non-hydrogen) atoms. The lowest BCUT2D eigenvalue weighted by atomic mass is 9.98. The van der Waals surface area contributed by atoms with Gasteiger partial charge in [-0.2, -0.15) is 0 Å². The van der Waals surface area contributed by atoms with Crippen LogP contribution in [0.3, 0.4) is 0 Å². The Bertz CT molecular complexity index is 271. The predicted octanol–water partition coefficient (Wildman–Crippen LogP) is 0.347. The number of rotatable bonds is 8. The maximum Gasteiger partial charge on any atom is 0.312 e. The maximum absolute atomic E-state index is 11.9. The van der Waals surface area contributed by atoms with Gasteiger partial charge in [0, 0.05) is 6.54 Å². The molecule has 0 heterocycles. The van der Waals surface area contributed by atoms with E-state index in [2.05, 4.69) is 10.6 Å². The molecule has 0 aromatic rings. The number of carbonyl (C=O) groups excluding carboxylic acids is 2. The average Bonchev–Trinajstić information content (AvgIpc) is 2.34. The van der Waals surface area contributed by atoms with Crippen LogP contribution in [0.15, 0.2) is 0 Å². The van der Waals surface area contributed by atoms with Crippen LogP contribution < -0.4 is 16.4 Å². The number of urea groups is 1. The van der Waals surface area contributed by atoms with Gasteiger partial charge in [0.25, 0.3) is 0 Å².